The van der Waals surface area contributed by atoms with E-state index in [0.717, 1.165) is 5.56 Å². The molecule has 3 rings (SSSR count). The van der Waals surface area contributed by atoms with Crippen LogP contribution >= 0.6 is 0 Å². The first kappa shape index (κ1) is 17.4. The van der Waals surface area contributed by atoms with Crippen LogP contribution in [-0.4, -0.2) is 17.8 Å². The molecule has 26 heavy (non-hydrogen) atoms. The van der Waals surface area contributed by atoms with Crippen molar-refractivity contribution in [3.05, 3.63) is 70.5 Å². The number of aryl methyl sites for hydroxylation is 1. The average molecular weight is 350 g/mol. The lowest BCUT2D eigenvalue weighted by Crippen LogP contribution is -2.17. The number of benzene rings is 2. The van der Waals surface area contributed by atoms with E-state index >= 15 is 0 Å². The normalized spacial score (nSPS) is 12.2. The fraction of sp³-hybridized carbons (Fsp3) is 0.100. The van der Waals surface area contributed by atoms with Gasteiger partial charge in [0.15, 0.2) is 0 Å². The topological polar surface area (TPSA) is 86.4 Å². The van der Waals surface area contributed by atoms with Crippen molar-refractivity contribution < 1.29 is 4.39 Å². The highest BCUT2D eigenvalue weighted by Crippen LogP contribution is 2.31. The maximum atomic E-state index is 14.5. The molecule has 0 bridgehead atoms. The second kappa shape index (κ2) is 6.84. The first-order chi connectivity index (χ1) is 12.5. The molecule has 0 unspecified atom stereocenters. The van der Waals surface area contributed by atoms with Crippen molar-refractivity contribution in [3.63, 3.8) is 0 Å². The van der Waals surface area contributed by atoms with Crippen LogP contribution < -0.4 is 17.0 Å². The number of nitrogens with two attached hydrogens (primary N) is 2. The number of rotatable bonds is 3. The summed E-state index contributed by atoms with van der Waals surface area (Å²) < 4.78 is 15.9. The summed E-state index contributed by atoms with van der Waals surface area (Å²) in [6, 6.07) is 9.71. The molecule has 0 aliphatic carbocycles. The largest absolute Gasteiger partial charge is 0.404 e. The average Bonchev–Trinajstić information content (AvgIpc) is 2.64. The summed E-state index contributed by atoms with van der Waals surface area (Å²) in [7, 11) is 3.28. The van der Waals surface area contributed by atoms with Crippen LogP contribution in [0.3, 0.4) is 0 Å². The van der Waals surface area contributed by atoms with Crippen molar-refractivity contribution in [2.75, 3.05) is 12.8 Å². The third-order valence-corrected chi connectivity index (χ3v) is 4.24. The minimum absolute atomic E-state index is 0.165. The lowest BCUT2D eigenvalue weighted by molar-refractivity contribution is 0.631. The molecule has 0 amide bonds. The number of hydrogen-bond donors (Lipinski definition) is 2. The Hall–Kier alpha value is -3.41. The molecule has 1 heterocycles. The Labute approximate surface area is 150 Å². The number of allylic oxidation sites excluding steroid dienone is 1. The number of aliphatic imine (C=N–C) groups is 1. The zero-order valence-electron chi connectivity index (χ0n) is 14.5. The maximum Gasteiger partial charge on any atom is 0.258 e. The highest BCUT2D eigenvalue weighted by Gasteiger charge is 2.14. The van der Waals surface area contributed by atoms with E-state index in [0.29, 0.717) is 33.2 Å². The van der Waals surface area contributed by atoms with Crippen LogP contribution in [0, 0.1) is 5.82 Å². The number of nitrogen functional groups attached to an aromatic ring is 1. The van der Waals surface area contributed by atoms with Crippen LogP contribution in [0.1, 0.15) is 5.56 Å². The standard InChI is InChI=1S/C20H19FN4O/c1-24-10-13(9-22)12-3-5-15-16(7-12)18(11-25(2)20(15)26)17-8-14(23)4-6-19(17)21/h3-11H,22-23H2,1-2H3. The molecule has 132 valence electrons. The molecule has 2 aromatic carbocycles. The van der Waals surface area contributed by atoms with Gasteiger partial charge in [0.1, 0.15) is 5.82 Å². The Bertz CT molecular complexity index is 1110. The highest BCUT2D eigenvalue weighted by atomic mass is 19.1. The van der Waals surface area contributed by atoms with Crippen molar-refractivity contribution in [2.45, 2.75) is 0 Å². The molecule has 0 saturated heterocycles. The monoisotopic (exact) mass is 350 g/mol. The van der Waals surface area contributed by atoms with Crippen molar-refractivity contribution in [1.82, 2.24) is 4.57 Å². The lowest BCUT2D eigenvalue weighted by atomic mass is 9.96. The molecule has 5 nitrogen and oxygen atoms in total. The summed E-state index contributed by atoms with van der Waals surface area (Å²) >= 11 is 0. The van der Waals surface area contributed by atoms with Gasteiger partial charge in [-0.1, -0.05) is 6.07 Å². The Morgan fingerprint density at radius 3 is 2.62 bits per heavy atom. The summed E-state index contributed by atoms with van der Waals surface area (Å²) in [5.74, 6) is -0.408. The predicted molar refractivity (Wildman–Crippen MR) is 106 cm³/mol. The van der Waals surface area contributed by atoms with E-state index in [4.69, 9.17) is 11.5 Å². The van der Waals surface area contributed by atoms with Crippen molar-refractivity contribution in [2.24, 2.45) is 17.8 Å². The van der Waals surface area contributed by atoms with Gasteiger partial charge in [0.25, 0.3) is 5.56 Å². The van der Waals surface area contributed by atoms with Crippen molar-refractivity contribution >= 4 is 28.2 Å². The number of aromatic nitrogens is 1. The number of nitrogens with zero attached hydrogens (tertiary/aromatic N) is 2. The molecule has 0 saturated carbocycles. The molecule has 4 N–H and O–H groups in total. The van der Waals surface area contributed by atoms with Crippen LogP contribution in [0.4, 0.5) is 10.1 Å². The quantitative estimate of drug-likeness (QED) is 0.562. The Balaban J connectivity index is 2.40. The van der Waals surface area contributed by atoms with Gasteiger partial charge in [-0.2, -0.15) is 0 Å². The molecule has 0 radical (unpaired) electrons. The maximum absolute atomic E-state index is 14.5. The van der Waals surface area contributed by atoms with Gasteiger partial charge in [-0.05, 0) is 41.3 Å². The zero-order chi connectivity index (χ0) is 18.8. The second-order valence-corrected chi connectivity index (χ2v) is 5.97. The minimum atomic E-state index is -0.408. The number of pyridine rings is 1. The SMILES string of the molecule is CN=CC(=CN)c1ccc2c(=O)n(C)cc(-c3cc(N)ccc3F)c2c1. The van der Waals surface area contributed by atoms with Gasteiger partial charge in [0, 0.05) is 60.5 Å². The summed E-state index contributed by atoms with van der Waals surface area (Å²) in [4.78, 5) is 16.5. The first-order valence-corrected chi connectivity index (χ1v) is 7.99. The Morgan fingerprint density at radius 1 is 1.15 bits per heavy atom. The zero-order valence-corrected chi connectivity index (χ0v) is 14.5. The van der Waals surface area contributed by atoms with Crippen LogP contribution in [0.2, 0.25) is 0 Å². The smallest absolute Gasteiger partial charge is 0.258 e. The van der Waals surface area contributed by atoms with Gasteiger partial charge in [-0.15, -0.1) is 0 Å². The van der Waals surface area contributed by atoms with Crippen molar-refractivity contribution in [1.29, 1.82) is 0 Å². The van der Waals surface area contributed by atoms with Crippen LogP contribution in [0.25, 0.3) is 27.5 Å². The van der Waals surface area contributed by atoms with E-state index in [1.807, 2.05) is 6.07 Å². The summed E-state index contributed by atoms with van der Waals surface area (Å²) in [5, 5.41) is 1.11. The number of hydrogen-bond acceptors (Lipinski definition) is 4. The van der Waals surface area contributed by atoms with Crippen LogP contribution in [0.15, 0.2) is 58.6 Å². The van der Waals surface area contributed by atoms with Gasteiger partial charge in [-0.25, -0.2) is 4.39 Å². The van der Waals surface area contributed by atoms with E-state index in [-0.39, 0.29) is 5.56 Å². The Kier molecular flexibility index (Phi) is 4.58. The van der Waals surface area contributed by atoms with E-state index in [1.54, 1.807) is 44.7 Å². The molecular formula is C20H19FN4O. The van der Waals surface area contributed by atoms with Gasteiger partial charge in [0.2, 0.25) is 0 Å². The van der Waals surface area contributed by atoms with E-state index in [1.165, 1.54) is 22.9 Å². The fourth-order valence-corrected chi connectivity index (χ4v) is 2.96. The lowest BCUT2D eigenvalue weighted by Gasteiger charge is -2.13. The number of anilines is 1. The molecule has 0 aliphatic rings. The van der Waals surface area contributed by atoms with Crippen molar-refractivity contribution in [3.8, 4) is 11.1 Å². The summed E-state index contributed by atoms with van der Waals surface area (Å²) in [5.41, 5.74) is 14.2. The molecule has 0 fully saturated rings. The summed E-state index contributed by atoms with van der Waals surface area (Å²) in [6.07, 6.45) is 4.69. The third-order valence-electron chi connectivity index (χ3n) is 4.24. The van der Waals surface area contributed by atoms with Gasteiger partial charge >= 0.3 is 0 Å². The molecule has 0 spiro atoms. The molecule has 3 aromatic rings. The fourth-order valence-electron chi connectivity index (χ4n) is 2.96. The predicted octanol–water partition coefficient (Wildman–Crippen LogP) is 2.93. The highest BCUT2D eigenvalue weighted by molar-refractivity contribution is 6.11. The summed E-state index contributed by atoms with van der Waals surface area (Å²) in [6.45, 7) is 0. The number of halogens is 1. The molecule has 0 aliphatic heterocycles. The minimum Gasteiger partial charge on any atom is -0.404 e. The third kappa shape index (κ3) is 2.97. The Morgan fingerprint density at radius 2 is 1.92 bits per heavy atom. The molecular weight excluding hydrogens is 331 g/mol. The molecule has 1 aromatic heterocycles. The van der Waals surface area contributed by atoms with E-state index in [2.05, 4.69) is 4.99 Å². The van der Waals surface area contributed by atoms with Gasteiger partial charge in [0.05, 0.1) is 0 Å². The first-order valence-electron chi connectivity index (χ1n) is 7.99. The molecule has 6 heteroatoms. The molecule has 0 atom stereocenters. The number of fused-ring (bicyclic) bond motifs is 1. The van der Waals surface area contributed by atoms with E-state index in [9.17, 15) is 9.18 Å². The van der Waals surface area contributed by atoms with Crippen LogP contribution in [-0.2, 0) is 7.05 Å². The van der Waals surface area contributed by atoms with Gasteiger partial charge in [-0.3, -0.25) is 9.79 Å². The van der Waals surface area contributed by atoms with Gasteiger partial charge < -0.3 is 16.0 Å². The van der Waals surface area contributed by atoms with E-state index < -0.39 is 5.82 Å². The van der Waals surface area contributed by atoms with Crippen LogP contribution in [0.5, 0.6) is 0 Å². The second-order valence-electron chi connectivity index (χ2n) is 5.97.